The first-order chi connectivity index (χ1) is 16.4. The summed E-state index contributed by atoms with van der Waals surface area (Å²) in [6, 6.07) is 8.54. The second kappa shape index (κ2) is 9.51. The number of fused-ring (bicyclic) bond motifs is 1. The number of likely N-dealkylation sites (tertiary alicyclic amines) is 1. The Hall–Kier alpha value is -3.94. The van der Waals surface area contributed by atoms with Crippen LogP contribution in [0, 0.1) is 0 Å². The highest BCUT2D eigenvalue weighted by molar-refractivity contribution is 6.01. The molecule has 3 aromatic rings. The molecule has 1 amide bonds. The quantitative estimate of drug-likeness (QED) is 0.509. The van der Waals surface area contributed by atoms with E-state index in [-0.39, 0.29) is 5.91 Å². The Labute approximate surface area is 197 Å². The predicted octanol–water partition coefficient (Wildman–Crippen LogP) is 4.60. The van der Waals surface area contributed by atoms with Crippen molar-refractivity contribution in [1.82, 2.24) is 4.90 Å². The monoisotopic (exact) mass is 465 g/mol. The minimum Gasteiger partial charge on any atom is -0.496 e. The highest BCUT2D eigenvalue weighted by Gasteiger charge is 2.33. The van der Waals surface area contributed by atoms with Crippen molar-refractivity contribution < 1.29 is 33.3 Å². The highest BCUT2D eigenvalue weighted by atomic mass is 16.5. The number of methoxy groups -OCH3 is 3. The molecule has 1 aromatic heterocycles. The number of amides is 1. The van der Waals surface area contributed by atoms with Gasteiger partial charge in [-0.3, -0.25) is 4.79 Å². The van der Waals surface area contributed by atoms with E-state index < -0.39 is 12.0 Å². The van der Waals surface area contributed by atoms with E-state index in [1.807, 2.05) is 31.2 Å². The van der Waals surface area contributed by atoms with Gasteiger partial charge in [0.15, 0.2) is 11.5 Å². The molecule has 8 heteroatoms. The molecule has 1 unspecified atom stereocenters. The van der Waals surface area contributed by atoms with Crippen LogP contribution >= 0.6 is 0 Å². The van der Waals surface area contributed by atoms with Gasteiger partial charge in [0.2, 0.25) is 5.91 Å². The maximum absolute atomic E-state index is 12.9. The average Bonchev–Trinajstić information content (AvgIpc) is 3.50. The van der Waals surface area contributed by atoms with Crippen LogP contribution in [0.15, 0.2) is 47.1 Å². The summed E-state index contributed by atoms with van der Waals surface area (Å²) in [5.41, 5.74) is 3.75. The molecule has 1 N–H and O–H groups in total. The van der Waals surface area contributed by atoms with Crippen LogP contribution in [-0.2, 0) is 9.59 Å². The number of carbonyl (C=O) groups excluding carboxylic acids is 1. The van der Waals surface area contributed by atoms with Gasteiger partial charge < -0.3 is 28.6 Å². The molecule has 0 saturated carbocycles. The third-order valence-corrected chi connectivity index (χ3v) is 6.18. The first kappa shape index (κ1) is 23.2. The molecule has 0 aliphatic carbocycles. The van der Waals surface area contributed by atoms with Crippen LogP contribution in [0.25, 0.3) is 27.7 Å². The number of nitrogens with zero attached hydrogens (tertiary/aromatic N) is 1. The van der Waals surface area contributed by atoms with Gasteiger partial charge in [0.25, 0.3) is 0 Å². The SMILES string of the molecule is COc1ccc(-c2coc3cc(OC)c(/C(C)=C/C(=O)N4CCCC4C(=O)O)cc23)cc1OC. The Morgan fingerprint density at radius 3 is 2.47 bits per heavy atom. The Balaban J connectivity index is 1.75. The van der Waals surface area contributed by atoms with Crippen LogP contribution in [-0.4, -0.2) is 55.8 Å². The minimum atomic E-state index is -0.978. The maximum Gasteiger partial charge on any atom is 0.326 e. The van der Waals surface area contributed by atoms with Gasteiger partial charge in [-0.1, -0.05) is 6.07 Å². The number of furan rings is 1. The van der Waals surface area contributed by atoms with Gasteiger partial charge in [-0.25, -0.2) is 4.79 Å². The molecule has 1 aliphatic rings. The molecule has 2 heterocycles. The van der Waals surface area contributed by atoms with Crippen molar-refractivity contribution in [2.45, 2.75) is 25.8 Å². The van der Waals surface area contributed by atoms with Crippen LogP contribution in [0.2, 0.25) is 0 Å². The number of benzene rings is 2. The van der Waals surface area contributed by atoms with E-state index in [9.17, 15) is 14.7 Å². The molecular weight excluding hydrogens is 438 g/mol. The summed E-state index contributed by atoms with van der Waals surface area (Å²) in [5, 5.41) is 10.2. The Kier molecular flexibility index (Phi) is 6.49. The molecule has 1 atom stereocenters. The number of hydrogen-bond acceptors (Lipinski definition) is 6. The number of rotatable bonds is 7. The average molecular weight is 466 g/mol. The van der Waals surface area contributed by atoms with Crippen molar-refractivity contribution in [1.29, 1.82) is 0 Å². The van der Waals surface area contributed by atoms with Crippen molar-refractivity contribution in [3.8, 4) is 28.4 Å². The number of carbonyl (C=O) groups is 2. The summed E-state index contributed by atoms with van der Waals surface area (Å²) >= 11 is 0. The second-order valence-electron chi connectivity index (χ2n) is 8.12. The number of carboxylic acid groups (broad SMARTS) is 1. The molecule has 1 saturated heterocycles. The fraction of sp³-hybridized carbons (Fsp3) is 0.308. The zero-order valence-corrected chi connectivity index (χ0v) is 19.6. The summed E-state index contributed by atoms with van der Waals surface area (Å²) in [5.74, 6) is 0.479. The van der Waals surface area contributed by atoms with Crippen LogP contribution < -0.4 is 14.2 Å². The predicted molar refractivity (Wildman–Crippen MR) is 127 cm³/mol. The fourth-order valence-corrected chi connectivity index (χ4v) is 4.39. The zero-order valence-electron chi connectivity index (χ0n) is 19.6. The summed E-state index contributed by atoms with van der Waals surface area (Å²) in [4.78, 5) is 25.8. The molecule has 0 radical (unpaired) electrons. The molecule has 8 nitrogen and oxygen atoms in total. The van der Waals surface area contributed by atoms with Crippen LogP contribution in [0.5, 0.6) is 17.2 Å². The van der Waals surface area contributed by atoms with Gasteiger partial charge >= 0.3 is 5.97 Å². The van der Waals surface area contributed by atoms with E-state index >= 15 is 0 Å². The lowest BCUT2D eigenvalue weighted by Gasteiger charge is -2.20. The lowest BCUT2D eigenvalue weighted by Crippen LogP contribution is -2.39. The van der Waals surface area contributed by atoms with E-state index in [2.05, 4.69) is 0 Å². The molecule has 1 fully saturated rings. The summed E-state index contributed by atoms with van der Waals surface area (Å²) < 4.78 is 22.1. The van der Waals surface area contributed by atoms with Crippen molar-refractivity contribution in [3.63, 3.8) is 0 Å². The number of carboxylic acids is 1. The molecular formula is C26H27NO7. The minimum absolute atomic E-state index is 0.322. The molecule has 0 bridgehead atoms. The van der Waals surface area contributed by atoms with E-state index in [1.165, 1.54) is 11.0 Å². The van der Waals surface area contributed by atoms with Crippen LogP contribution in [0.1, 0.15) is 25.3 Å². The number of ether oxygens (including phenoxy) is 3. The van der Waals surface area contributed by atoms with Crippen molar-refractivity contribution in [3.05, 3.63) is 48.2 Å². The Bertz CT molecular complexity index is 1270. The van der Waals surface area contributed by atoms with Crippen molar-refractivity contribution in [2.75, 3.05) is 27.9 Å². The van der Waals surface area contributed by atoms with E-state index in [1.54, 1.807) is 33.7 Å². The lowest BCUT2D eigenvalue weighted by atomic mass is 9.99. The maximum atomic E-state index is 12.9. The number of allylic oxidation sites excluding steroid dienone is 1. The van der Waals surface area contributed by atoms with Gasteiger partial charge in [0, 0.05) is 35.2 Å². The largest absolute Gasteiger partial charge is 0.496 e. The molecule has 178 valence electrons. The number of aliphatic carboxylic acids is 1. The summed E-state index contributed by atoms with van der Waals surface area (Å²) in [6.07, 6.45) is 4.28. The van der Waals surface area contributed by atoms with Crippen molar-refractivity contribution in [2.24, 2.45) is 0 Å². The topological polar surface area (TPSA) is 98.4 Å². The Morgan fingerprint density at radius 2 is 1.79 bits per heavy atom. The van der Waals surface area contributed by atoms with Crippen molar-refractivity contribution >= 4 is 28.4 Å². The first-order valence-corrected chi connectivity index (χ1v) is 10.9. The number of hydrogen-bond donors (Lipinski definition) is 1. The normalized spacial score (nSPS) is 16.1. The van der Waals surface area contributed by atoms with E-state index in [4.69, 9.17) is 18.6 Å². The zero-order chi connectivity index (χ0) is 24.4. The van der Waals surface area contributed by atoms with Gasteiger partial charge in [-0.2, -0.15) is 0 Å². The third-order valence-electron chi connectivity index (χ3n) is 6.18. The van der Waals surface area contributed by atoms with Crippen LogP contribution in [0.3, 0.4) is 0 Å². The van der Waals surface area contributed by atoms with E-state index in [0.29, 0.717) is 47.8 Å². The molecule has 34 heavy (non-hydrogen) atoms. The van der Waals surface area contributed by atoms with E-state index in [0.717, 1.165) is 22.1 Å². The second-order valence-corrected chi connectivity index (χ2v) is 8.12. The molecule has 1 aliphatic heterocycles. The summed E-state index contributed by atoms with van der Waals surface area (Å²) in [6.45, 7) is 2.24. The third kappa shape index (κ3) is 4.19. The summed E-state index contributed by atoms with van der Waals surface area (Å²) in [7, 11) is 4.72. The standard InChI is InChI=1S/C26H27NO7/c1-15(10-25(28)27-9-5-6-20(27)26(29)30)17-12-18-19(14-34-23(18)13-22(17)32-3)16-7-8-21(31-2)24(11-16)33-4/h7-8,10-14,20H,5-6,9H2,1-4H3,(H,29,30)/b15-10+. The molecule has 0 spiro atoms. The highest BCUT2D eigenvalue weighted by Crippen LogP contribution is 2.40. The van der Waals surface area contributed by atoms with Crippen LogP contribution in [0.4, 0.5) is 0 Å². The van der Waals surface area contributed by atoms with Gasteiger partial charge in [0.1, 0.15) is 17.4 Å². The van der Waals surface area contributed by atoms with Gasteiger partial charge in [-0.05, 0) is 49.1 Å². The lowest BCUT2D eigenvalue weighted by molar-refractivity contribution is -0.146. The molecule has 2 aromatic carbocycles. The van der Waals surface area contributed by atoms with Gasteiger partial charge in [0.05, 0.1) is 27.6 Å². The molecule has 4 rings (SSSR count). The smallest absolute Gasteiger partial charge is 0.326 e. The fourth-order valence-electron chi connectivity index (χ4n) is 4.39. The first-order valence-electron chi connectivity index (χ1n) is 10.9. The Morgan fingerprint density at radius 1 is 1.06 bits per heavy atom. The van der Waals surface area contributed by atoms with Gasteiger partial charge in [-0.15, -0.1) is 0 Å².